The smallest absolute Gasteiger partial charge is 0.113 e. The van der Waals surface area contributed by atoms with Crippen LogP contribution in [0.25, 0.3) is 0 Å². The summed E-state index contributed by atoms with van der Waals surface area (Å²) in [7, 11) is 5.86. The second kappa shape index (κ2) is 11.9. The molecule has 1 aromatic rings. The highest BCUT2D eigenvalue weighted by Gasteiger charge is 1.71. The summed E-state index contributed by atoms with van der Waals surface area (Å²) in [5.41, 5.74) is 0.822. The molecule has 0 atom stereocenters. The lowest BCUT2D eigenvalue weighted by Gasteiger charge is -1.83. The minimum atomic E-state index is 0. The first-order valence-electron chi connectivity index (χ1n) is 2.58. The van der Waals surface area contributed by atoms with Gasteiger partial charge in [-0.15, -0.1) is 0 Å². The predicted molar refractivity (Wildman–Crippen MR) is 46.1 cm³/mol. The van der Waals surface area contributed by atoms with E-state index in [1.807, 2.05) is 30.3 Å². The third-order valence-corrected chi connectivity index (χ3v) is 0.800. The van der Waals surface area contributed by atoms with Gasteiger partial charge in [-0.2, -0.15) is 0 Å². The Kier molecular flexibility index (Phi) is 17.9. The van der Waals surface area contributed by atoms with Crippen molar-refractivity contribution in [2.45, 2.75) is 0 Å². The minimum Gasteiger partial charge on any atom is -0.412 e. The van der Waals surface area contributed by atoms with Crippen molar-refractivity contribution in [3.8, 4) is 0 Å². The molecular weight excluding hydrogens is 146 g/mol. The van der Waals surface area contributed by atoms with Crippen LogP contribution in [0.1, 0.15) is 0 Å². The third kappa shape index (κ3) is 9.13. The highest BCUT2D eigenvalue weighted by molar-refractivity contribution is 6.32. The van der Waals surface area contributed by atoms with Gasteiger partial charge in [-0.3, -0.25) is 4.39 Å². The van der Waals surface area contributed by atoms with Gasteiger partial charge < -0.3 is 11.0 Å². The zero-order valence-electron chi connectivity index (χ0n) is 6.34. The van der Waals surface area contributed by atoms with Crippen molar-refractivity contribution < 1.29 is 15.3 Å². The molecule has 1 aromatic carbocycles. The Morgan fingerprint density at radius 2 is 1.36 bits per heavy atom. The lowest BCUT2D eigenvalue weighted by atomic mass is 9.97. The van der Waals surface area contributed by atoms with E-state index in [2.05, 4.69) is 0 Å². The zero-order valence-corrected chi connectivity index (χ0v) is 6.34. The van der Waals surface area contributed by atoms with Crippen LogP contribution in [0.4, 0.5) is 4.39 Å². The minimum absolute atomic E-state index is 0. The Hall–Kier alpha value is -0.865. The number of alkyl halides is 1. The molecule has 1 rings (SSSR count). The van der Waals surface area contributed by atoms with Gasteiger partial charge in [0.15, 0.2) is 0 Å². The van der Waals surface area contributed by atoms with E-state index >= 15 is 0 Å². The summed E-state index contributed by atoms with van der Waals surface area (Å²) in [4.78, 5) is 0. The summed E-state index contributed by atoms with van der Waals surface area (Å²) in [5.74, 6) is 0. The molecule has 0 heterocycles. The van der Waals surface area contributed by atoms with E-state index in [9.17, 15) is 4.39 Å². The van der Waals surface area contributed by atoms with Crippen molar-refractivity contribution in [1.29, 1.82) is 0 Å². The summed E-state index contributed by atoms with van der Waals surface area (Å²) < 4.78 is 9.50. The van der Waals surface area contributed by atoms with Crippen LogP contribution in [0.15, 0.2) is 30.3 Å². The fourth-order valence-electron chi connectivity index (χ4n) is 0.453. The summed E-state index contributed by atoms with van der Waals surface area (Å²) in [6.07, 6.45) is 0. The van der Waals surface area contributed by atoms with Crippen LogP contribution < -0.4 is 5.46 Å². The van der Waals surface area contributed by atoms with Crippen LogP contribution in [0, 0.1) is 0 Å². The van der Waals surface area contributed by atoms with E-state index in [-0.39, 0.29) is 11.0 Å². The molecule has 0 aromatic heterocycles. The molecule has 0 saturated carbocycles. The van der Waals surface area contributed by atoms with E-state index in [0.29, 0.717) is 7.18 Å². The standard InChI is InChI=1S/C6H5B.CH3F.2H2O/c7-6-4-2-1-3-5-6;1-2;;/h1-5H;1H3;2*1H2. The molecule has 0 fully saturated rings. The first-order valence-corrected chi connectivity index (χ1v) is 2.58. The fraction of sp³-hybridized carbons (Fsp3) is 0.143. The number of hydrogen-bond acceptors (Lipinski definition) is 0. The van der Waals surface area contributed by atoms with Crippen molar-refractivity contribution in [1.82, 2.24) is 0 Å². The SMILES string of the molecule is CF.O.O.[B]c1ccccc1. The normalized spacial score (nSPS) is 6.00. The van der Waals surface area contributed by atoms with Gasteiger partial charge in [0.1, 0.15) is 7.85 Å². The summed E-state index contributed by atoms with van der Waals surface area (Å²) in [5, 5.41) is 0. The fourth-order valence-corrected chi connectivity index (χ4v) is 0.453. The van der Waals surface area contributed by atoms with Gasteiger partial charge in [0.05, 0.1) is 7.18 Å². The lowest BCUT2D eigenvalue weighted by molar-refractivity contribution is 0.636. The highest BCUT2D eigenvalue weighted by Crippen LogP contribution is 1.76. The van der Waals surface area contributed by atoms with Crippen molar-refractivity contribution in [3.05, 3.63) is 30.3 Å². The number of hydrogen-bond donors (Lipinski definition) is 0. The third-order valence-electron chi connectivity index (χ3n) is 0.800. The largest absolute Gasteiger partial charge is 0.412 e. The molecule has 0 unspecified atom stereocenters. The van der Waals surface area contributed by atoms with E-state index < -0.39 is 0 Å². The molecule has 0 amide bonds. The number of halogens is 1. The molecule has 4 N–H and O–H groups in total. The van der Waals surface area contributed by atoms with E-state index in [1.54, 1.807) is 0 Å². The van der Waals surface area contributed by atoms with Crippen LogP contribution in [0.5, 0.6) is 0 Å². The Morgan fingerprint density at radius 1 is 1.00 bits per heavy atom. The van der Waals surface area contributed by atoms with Crippen LogP contribution >= 0.6 is 0 Å². The zero-order chi connectivity index (χ0) is 7.11. The maximum Gasteiger partial charge on any atom is 0.113 e. The molecule has 4 heteroatoms. The van der Waals surface area contributed by atoms with Gasteiger partial charge in [-0.1, -0.05) is 35.8 Å². The average molecular weight is 158 g/mol. The molecule has 0 aliphatic carbocycles. The molecule has 0 saturated heterocycles. The van der Waals surface area contributed by atoms with Gasteiger partial charge >= 0.3 is 0 Å². The quantitative estimate of drug-likeness (QED) is 0.453. The van der Waals surface area contributed by atoms with Gasteiger partial charge in [-0.25, -0.2) is 0 Å². The second-order valence-electron chi connectivity index (χ2n) is 1.41. The van der Waals surface area contributed by atoms with Crippen LogP contribution in [-0.2, 0) is 0 Å². The lowest BCUT2D eigenvalue weighted by Crippen LogP contribution is -1.97. The maximum absolute atomic E-state index is 9.50. The number of rotatable bonds is 0. The van der Waals surface area contributed by atoms with E-state index in [1.165, 1.54) is 0 Å². The summed E-state index contributed by atoms with van der Waals surface area (Å²) in [6, 6.07) is 9.49. The van der Waals surface area contributed by atoms with Crippen molar-refractivity contribution in [2.24, 2.45) is 0 Å². The Balaban J connectivity index is -0.000000149. The maximum atomic E-state index is 9.50. The molecule has 0 bridgehead atoms. The Morgan fingerprint density at radius 3 is 1.55 bits per heavy atom. The Labute approximate surface area is 67.1 Å². The van der Waals surface area contributed by atoms with Crippen molar-refractivity contribution in [2.75, 3.05) is 7.18 Å². The van der Waals surface area contributed by atoms with Gasteiger partial charge in [0.25, 0.3) is 0 Å². The molecule has 0 aliphatic heterocycles. The van der Waals surface area contributed by atoms with E-state index in [0.717, 1.165) is 5.46 Å². The van der Waals surface area contributed by atoms with Gasteiger partial charge in [-0.05, 0) is 0 Å². The van der Waals surface area contributed by atoms with Gasteiger partial charge in [0.2, 0.25) is 0 Å². The topological polar surface area (TPSA) is 63.0 Å². The molecular formula is C7H12BFO2. The van der Waals surface area contributed by atoms with Crippen molar-refractivity contribution in [3.63, 3.8) is 0 Å². The van der Waals surface area contributed by atoms with E-state index in [4.69, 9.17) is 7.85 Å². The average Bonchev–Trinajstić information content (AvgIpc) is 1.94. The first kappa shape index (κ1) is 16.6. The van der Waals surface area contributed by atoms with Crippen LogP contribution in [0.2, 0.25) is 0 Å². The Bertz CT molecular complexity index is 146. The number of benzene rings is 1. The predicted octanol–water partition coefficient (Wildman–Crippen LogP) is -0.583. The molecule has 62 valence electrons. The van der Waals surface area contributed by atoms with Crippen LogP contribution in [-0.4, -0.2) is 26.0 Å². The molecule has 11 heavy (non-hydrogen) atoms. The molecule has 0 spiro atoms. The molecule has 2 nitrogen and oxygen atoms in total. The van der Waals surface area contributed by atoms with Crippen molar-refractivity contribution >= 4 is 13.3 Å². The monoisotopic (exact) mass is 158 g/mol. The van der Waals surface area contributed by atoms with Gasteiger partial charge in [0, 0.05) is 0 Å². The molecule has 0 aliphatic rings. The first-order chi connectivity index (χ1) is 4.39. The highest BCUT2D eigenvalue weighted by atomic mass is 19.1. The van der Waals surface area contributed by atoms with Crippen LogP contribution in [0.3, 0.4) is 0 Å². The summed E-state index contributed by atoms with van der Waals surface area (Å²) in [6.45, 7) is 0. The second-order valence-corrected chi connectivity index (χ2v) is 1.41. The molecule has 2 radical (unpaired) electrons. The summed E-state index contributed by atoms with van der Waals surface area (Å²) >= 11 is 0.